The maximum Gasteiger partial charge on any atom is 1.00 e. The Balaban J connectivity index is 0. The zero-order chi connectivity index (χ0) is 14.9. The van der Waals surface area contributed by atoms with Crippen molar-refractivity contribution in [3.63, 3.8) is 0 Å². The van der Waals surface area contributed by atoms with Gasteiger partial charge < -0.3 is 4.79 Å². The van der Waals surface area contributed by atoms with E-state index in [9.17, 15) is 4.79 Å². The molecule has 0 N–H and O–H groups in total. The zero-order valence-corrected chi connectivity index (χ0v) is 16.8. The summed E-state index contributed by atoms with van der Waals surface area (Å²) in [5, 5.41) is 0. The van der Waals surface area contributed by atoms with Crippen LogP contribution in [0.4, 0.5) is 0 Å². The van der Waals surface area contributed by atoms with Crippen molar-refractivity contribution in [2.75, 3.05) is 0 Å². The molecule has 1 atom stereocenters. The van der Waals surface area contributed by atoms with Crippen molar-refractivity contribution in [2.45, 2.75) is 97.3 Å². The van der Waals surface area contributed by atoms with E-state index in [1.54, 1.807) is 0 Å². The van der Waals surface area contributed by atoms with Crippen LogP contribution >= 0.6 is 0 Å². The smallest absolute Gasteiger partial charge is 0.542 e. The third-order valence-corrected chi connectivity index (χ3v) is 3.85. The average molecular weight is 302 g/mol. The molecule has 0 bridgehead atoms. The van der Waals surface area contributed by atoms with Crippen molar-refractivity contribution in [1.82, 2.24) is 0 Å². The van der Waals surface area contributed by atoms with Gasteiger partial charge in [-0.25, -0.2) is 0 Å². The third kappa shape index (κ3) is 20.4. The van der Waals surface area contributed by atoms with Crippen LogP contribution in [-0.4, -0.2) is 6.29 Å². The molecule has 2 heteroatoms. The first kappa shape index (κ1) is 23.7. The van der Waals surface area contributed by atoms with Crippen LogP contribution in [0, 0.1) is 5.92 Å². The molecule has 0 aliphatic carbocycles. The van der Waals surface area contributed by atoms with Crippen LogP contribution in [0.25, 0.3) is 0 Å². The van der Waals surface area contributed by atoms with Gasteiger partial charge in [0.15, 0.2) is 0 Å². The monoisotopic (exact) mass is 302 g/mol. The van der Waals surface area contributed by atoms with Gasteiger partial charge in [0.05, 0.1) is 0 Å². The molecule has 0 fully saturated rings. The van der Waals surface area contributed by atoms with Gasteiger partial charge in [0.25, 0.3) is 0 Å². The van der Waals surface area contributed by atoms with Gasteiger partial charge in [-0.15, -0.1) is 5.92 Å². The second-order valence-electron chi connectivity index (χ2n) is 6.04. The molecule has 0 radical (unpaired) electrons. The van der Waals surface area contributed by atoms with E-state index in [-0.39, 0.29) is 35.5 Å². The van der Waals surface area contributed by atoms with Crippen LogP contribution in [0.1, 0.15) is 97.3 Å². The predicted octanol–water partition coefficient (Wildman–Crippen LogP) is 3.38. The number of allylic oxidation sites excluding steroid dienone is 2. The topological polar surface area (TPSA) is 17.1 Å². The van der Waals surface area contributed by atoms with E-state index < -0.39 is 0 Å². The van der Waals surface area contributed by atoms with E-state index in [0.717, 1.165) is 6.42 Å². The van der Waals surface area contributed by atoms with E-state index in [0.29, 0.717) is 0 Å². The van der Waals surface area contributed by atoms with Crippen LogP contribution in [0.2, 0.25) is 0 Å². The van der Waals surface area contributed by atoms with Gasteiger partial charge in [-0.1, -0.05) is 83.8 Å². The summed E-state index contributed by atoms with van der Waals surface area (Å²) in [5.74, 6) is 0.132. The SMILES string of the molecule is CCCCCCCC/C=C\CCCCCCC(C)[C-]=O.[Na+]. The van der Waals surface area contributed by atoms with E-state index in [1.807, 2.05) is 6.92 Å². The summed E-state index contributed by atoms with van der Waals surface area (Å²) in [7, 11) is 0. The summed E-state index contributed by atoms with van der Waals surface area (Å²) >= 11 is 0. The zero-order valence-electron chi connectivity index (χ0n) is 14.8. The predicted molar refractivity (Wildman–Crippen MR) is 89.7 cm³/mol. The number of hydrogen-bond donors (Lipinski definition) is 0. The Labute approximate surface area is 155 Å². The second-order valence-corrected chi connectivity index (χ2v) is 6.04. The normalized spacial score (nSPS) is 12.3. The minimum atomic E-state index is 0. The fraction of sp³-hybridized carbons (Fsp3) is 0.842. The Morgan fingerprint density at radius 1 is 0.810 bits per heavy atom. The fourth-order valence-electron chi connectivity index (χ4n) is 2.40. The molecule has 0 aromatic carbocycles. The van der Waals surface area contributed by atoms with Gasteiger partial charge in [-0.3, -0.25) is 6.29 Å². The molecule has 1 unspecified atom stereocenters. The van der Waals surface area contributed by atoms with Crippen LogP contribution in [0.5, 0.6) is 0 Å². The maximum absolute atomic E-state index is 10.3. The Morgan fingerprint density at radius 3 is 1.81 bits per heavy atom. The Morgan fingerprint density at radius 2 is 1.29 bits per heavy atom. The van der Waals surface area contributed by atoms with Crippen LogP contribution < -0.4 is 29.6 Å². The average Bonchev–Trinajstić information content (AvgIpc) is 2.47. The summed E-state index contributed by atoms with van der Waals surface area (Å²) in [5.41, 5.74) is 0. The van der Waals surface area contributed by atoms with E-state index in [2.05, 4.69) is 25.4 Å². The van der Waals surface area contributed by atoms with Gasteiger partial charge in [0.2, 0.25) is 0 Å². The molecule has 0 rings (SSSR count). The molecular weight excluding hydrogens is 267 g/mol. The summed E-state index contributed by atoms with van der Waals surface area (Å²) in [6, 6.07) is 0. The van der Waals surface area contributed by atoms with Crippen molar-refractivity contribution >= 4 is 6.29 Å². The number of carbonyl (C=O) groups excluding carboxylic acids is 1. The fourth-order valence-corrected chi connectivity index (χ4v) is 2.40. The Hall–Kier alpha value is 0.410. The summed E-state index contributed by atoms with van der Waals surface area (Å²) in [6.45, 7) is 4.22. The summed E-state index contributed by atoms with van der Waals surface area (Å²) in [6.07, 6.45) is 23.6. The van der Waals surface area contributed by atoms with Gasteiger partial charge in [-0.2, -0.15) is 0 Å². The molecule has 0 heterocycles. The molecule has 0 aromatic rings. The number of hydrogen-bond acceptors (Lipinski definition) is 1. The molecule has 118 valence electrons. The second kappa shape index (κ2) is 20.4. The van der Waals surface area contributed by atoms with Crippen LogP contribution in [0.3, 0.4) is 0 Å². The van der Waals surface area contributed by atoms with E-state index in [4.69, 9.17) is 0 Å². The van der Waals surface area contributed by atoms with Gasteiger partial charge in [-0.05, 0) is 25.7 Å². The molecule has 0 aromatic heterocycles. The quantitative estimate of drug-likeness (QED) is 0.196. The first-order chi connectivity index (χ1) is 9.81. The first-order valence-electron chi connectivity index (χ1n) is 8.84. The third-order valence-electron chi connectivity index (χ3n) is 3.85. The minimum absolute atomic E-state index is 0. The van der Waals surface area contributed by atoms with Crippen molar-refractivity contribution in [2.24, 2.45) is 5.92 Å². The van der Waals surface area contributed by atoms with Crippen molar-refractivity contribution in [1.29, 1.82) is 0 Å². The van der Waals surface area contributed by atoms with Crippen molar-refractivity contribution in [3.05, 3.63) is 12.2 Å². The molecule has 0 amide bonds. The van der Waals surface area contributed by atoms with Gasteiger partial charge in [0, 0.05) is 0 Å². The van der Waals surface area contributed by atoms with Crippen molar-refractivity contribution in [3.8, 4) is 0 Å². The van der Waals surface area contributed by atoms with Crippen LogP contribution in [-0.2, 0) is 4.79 Å². The molecule has 0 aliphatic rings. The Kier molecular flexibility index (Phi) is 23.0. The molecule has 0 saturated heterocycles. The van der Waals surface area contributed by atoms with Crippen molar-refractivity contribution < 1.29 is 34.4 Å². The molecule has 0 saturated carbocycles. The standard InChI is InChI=1S/C19H35O.Na/c1-3-4-5-6-7-8-9-10-11-12-13-14-15-16-17-19(2)18-20;/h10-11,19H,3-9,12-17H2,1-2H3;/q-1;+1/b11-10-;. The van der Waals surface area contributed by atoms with E-state index >= 15 is 0 Å². The summed E-state index contributed by atoms with van der Waals surface area (Å²) in [4.78, 5) is 10.3. The molecular formula is C19H35NaO. The maximum atomic E-state index is 10.3. The molecule has 1 nitrogen and oxygen atoms in total. The molecule has 0 spiro atoms. The molecule has 0 aliphatic heterocycles. The number of rotatable bonds is 15. The minimum Gasteiger partial charge on any atom is -0.542 e. The largest absolute Gasteiger partial charge is 1.00 e. The van der Waals surface area contributed by atoms with Gasteiger partial charge >= 0.3 is 29.6 Å². The van der Waals surface area contributed by atoms with E-state index in [1.165, 1.54) is 77.0 Å². The summed E-state index contributed by atoms with van der Waals surface area (Å²) < 4.78 is 0. The Bertz CT molecular complexity index is 226. The number of unbranched alkanes of at least 4 members (excludes halogenated alkanes) is 10. The molecule has 21 heavy (non-hydrogen) atoms. The van der Waals surface area contributed by atoms with Crippen LogP contribution in [0.15, 0.2) is 12.2 Å². The van der Waals surface area contributed by atoms with Gasteiger partial charge in [0.1, 0.15) is 0 Å². The first-order valence-corrected chi connectivity index (χ1v) is 8.84.